The van der Waals surface area contributed by atoms with Crippen molar-refractivity contribution in [3.05, 3.63) is 42.5 Å². The molecule has 0 bridgehead atoms. The molecule has 1 saturated heterocycles. The Morgan fingerprint density at radius 3 is 2.61 bits per heavy atom. The lowest BCUT2D eigenvalue weighted by molar-refractivity contribution is 0.122. The Morgan fingerprint density at radius 1 is 1.09 bits per heavy atom. The first-order valence-electron chi connectivity index (χ1n) is 7.71. The Bertz CT molecular complexity index is 808. The number of fused-ring (bicyclic) bond motifs is 1. The zero-order valence-corrected chi connectivity index (χ0v) is 13.8. The molecule has 0 radical (unpaired) electrons. The van der Waals surface area contributed by atoms with Crippen molar-refractivity contribution in [3.63, 3.8) is 0 Å². The number of nitrogens with zero attached hydrogens (tertiary/aromatic N) is 2. The van der Waals surface area contributed by atoms with Crippen LogP contribution in [0.25, 0.3) is 20.8 Å². The Hall–Kier alpha value is -2.11. The summed E-state index contributed by atoms with van der Waals surface area (Å²) in [6.07, 6.45) is 0. The van der Waals surface area contributed by atoms with E-state index in [1.54, 1.807) is 18.4 Å². The Kier molecular flexibility index (Phi) is 3.89. The lowest BCUT2D eigenvalue weighted by Crippen LogP contribution is -2.36. The molecule has 1 aliphatic heterocycles. The van der Waals surface area contributed by atoms with Crippen LogP contribution in [0.3, 0.4) is 0 Å². The molecule has 5 heteroatoms. The van der Waals surface area contributed by atoms with E-state index in [2.05, 4.69) is 29.2 Å². The maximum absolute atomic E-state index is 5.41. The Balaban J connectivity index is 1.62. The molecule has 23 heavy (non-hydrogen) atoms. The lowest BCUT2D eigenvalue weighted by atomic mass is 10.2. The third-order valence-corrected chi connectivity index (χ3v) is 5.15. The molecule has 0 amide bonds. The van der Waals surface area contributed by atoms with Gasteiger partial charge in [-0.25, -0.2) is 4.98 Å². The number of ether oxygens (including phenoxy) is 2. The molecule has 4 rings (SSSR count). The van der Waals surface area contributed by atoms with Crippen molar-refractivity contribution in [3.8, 4) is 16.3 Å². The fourth-order valence-corrected chi connectivity index (χ4v) is 3.79. The third kappa shape index (κ3) is 2.90. The first-order valence-corrected chi connectivity index (χ1v) is 8.53. The molecule has 1 aromatic heterocycles. The summed E-state index contributed by atoms with van der Waals surface area (Å²) in [5, 5.41) is 1.04. The van der Waals surface area contributed by atoms with Gasteiger partial charge < -0.3 is 14.4 Å². The molecule has 118 valence electrons. The van der Waals surface area contributed by atoms with Crippen LogP contribution in [0.2, 0.25) is 0 Å². The normalized spacial score (nSPS) is 15.1. The minimum Gasteiger partial charge on any atom is -0.497 e. The smallest absolute Gasteiger partial charge is 0.124 e. The minimum atomic E-state index is 0.807. The highest BCUT2D eigenvalue weighted by Crippen LogP contribution is 2.33. The molecule has 1 aliphatic rings. The monoisotopic (exact) mass is 326 g/mol. The van der Waals surface area contributed by atoms with Crippen molar-refractivity contribution < 1.29 is 9.47 Å². The molecular weight excluding hydrogens is 308 g/mol. The molecule has 1 fully saturated rings. The molecule has 2 aromatic carbocycles. The van der Waals surface area contributed by atoms with E-state index in [1.165, 1.54) is 5.69 Å². The van der Waals surface area contributed by atoms with Gasteiger partial charge in [0.05, 0.1) is 30.5 Å². The number of methoxy groups -OCH3 is 1. The van der Waals surface area contributed by atoms with E-state index in [9.17, 15) is 0 Å². The predicted octanol–water partition coefficient (Wildman–Crippen LogP) is 3.81. The second-order valence-corrected chi connectivity index (χ2v) is 6.53. The topological polar surface area (TPSA) is 34.6 Å². The summed E-state index contributed by atoms with van der Waals surface area (Å²) in [5.74, 6) is 0.871. The highest BCUT2D eigenvalue weighted by atomic mass is 32.1. The van der Waals surface area contributed by atoms with Gasteiger partial charge >= 0.3 is 0 Å². The molecule has 0 aliphatic carbocycles. The number of anilines is 1. The van der Waals surface area contributed by atoms with Crippen LogP contribution >= 0.6 is 11.3 Å². The lowest BCUT2D eigenvalue weighted by Gasteiger charge is -2.28. The highest BCUT2D eigenvalue weighted by Gasteiger charge is 2.12. The summed E-state index contributed by atoms with van der Waals surface area (Å²) in [5.41, 5.74) is 3.42. The molecular formula is C18H18N2O2S. The van der Waals surface area contributed by atoms with Crippen LogP contribution in [0.1, 0.15) is 0 Å². The number of aromatic nitrogens is 1. The van der Waals surface area contributed by atoms with Crippen molar-refractivity contribution in [1.29, 1.82) is 0 Å². The number of morpholine rings is 1. The van der Waals surface area contributed by atoms with Gasteiger partial charge in [-0.1, -0.05) is 0 Å². The van der Waals surface area contributed by atoms with Gasteiger partial charge in [0.1, 0.15) is 10.8 Å². The summed E-state index contributed by atoms with van der Waals surface area (Å²) in [6.45, 7) is 3.53. The minimum absolute atomic E-state index is 0.807. The van der Waals surface area contributed by atoms with Gasteiger partial charge in [0, 0.05) is 24.3 Å². The van der Waals surface area contributed by atoms with Gasteiger partial charge in [0.15, 0.2) is 0 Å². The summed E-state index contributed by atoms with van der Waals surface area (Å²) < 4.78 is 11.8. The van der Waals surface area contributed by atoms with Gasteiger partial charge in [0.25, 0.3) is 0 Å². The van der Waals surface area contributed by atoms with Crippen LogP contribution in [-0.2, 0) is 4.74 Å². The van der Waals surface area contributed by atoms with Crippen LogP contribution in [-0.4, -0.2) is 38.4 Å². The van der Waals surface area contributed by atoms with E-state index in [0.717, 1.165) is 52.8 Å². The van der Waals surface area contributed by atoms with Gasteiger partial charge in [-0.2, -0.15) is 0 Å². The maximum atomic E-state index is 5.41. The SMILES string of the molecule is COc1ccc2nc(-c3ccc(N4CCOCC4)cc3)sc2c1. The molecule has 3 aromatic rings. The largest absolute Gasteiger partial charge is 0.497 e. The molecule has 0 saturated carbocycles. The number of benzene rings is 2. The molecule has 0 atom stereocenters. The summed E-state index contributed by atoms with van der Waals surface area (Å²) >= 11 is 1.70. The Morgan fingerprint density at radius 2 is 1.87 bits per heavy atom. The second-order valence-electron chi connectivity index (χ2n) is 5.50. The molecule has 2 heterocycles. The van der Waals surface area contributed by atoms with Gasteiger partial charge in [-0.05, 0) is 42.5 Å². The second kappa shape index (κ2) is 6.18. The van der Waals surface area contributed by atoms with Crippen LogP contribution in [0.5, 0.6) is 5.75 Å². The number of hydrogen-bond acceptors (Lipinski definition) is 5. The third-order valence-electron chi connectivity index (χ3n) is 4.09. The standard InChI is InChI=1S/C18H18N2O2S/c1-21-15-6-7-16-17(12-15)23-18(19-16)13-2-4-14(5-3-13)20-8-10-22-11-9-20/h2-7,12H,8-11H2,1H3. The van der Waals surface area contributed by atoms with Gasteiger partial charge in [-0.3, -0.25) is 0 Å². The van der Waals surface area contributed by atoms with E-state index in [4.69, 9.17) is 14.5 Å². The summed E-state index contributed by atoms with van der Waals surface area (Å²) in [7, 11) is 1.69. The zero-order valence-electron chi connectivity index (χ0n) is 13.0. The highest BCUT2D eigenvalue weighted by molar-refractivity contribution is 7.21. The number of hydrogen-bond donors (Lipinski definition) is 0. The number of rotatable bonds is 3. The Labute approximate surface area is 139 Å². The fourth-order valence-electron chi connectivity index (χ4n) is 2.79. The van der Waals surface area contributed by atoms with Crippen molar-refractivity contribution in [2.24, 2.45) is 0 Å². The molecule has 0 N–H and O–H groups in total. The molecule has 4 nitrogen and oxygen atoms in total. The van der Waals surface area contributed by atoms with E-state index in [0.29, 0.717) is 0 Å². The summed E-state index contributed by atoms with van der Waals surface area (Å²) in [6, 6.07) is 14.7. The van der Waals surface area contributed by atoms with E-state index >= 15 is 0 Å². The van der Waals surface area contributed by atoms with Crippen molar-refractivity contribution in [1.82, 2.24) is 4.98 Å². The number of thiazole rings is 1. The zero-order chi connectivity index (χ0) is 15.6. The molecule has 0 unspecified atom stereocenters. The van der Waals surface area contributed by atoms with Crippen LogP contribution in [0.4, 0.5) is 5.69 Å². The van der Waals surface area contributed by atoms with Gasteiger partial charge in [-0.15, -0.1) is 11.3 Å². The first kappa shape index (κ1) is 14.5. The molecule has 0 spiro atoms. The van der Waals surface area contributed by atoms with Crippen LogP contribution < -0.4 is 9.64 Å². The van der Waals surface area contributed by atoms with Crippen LogP contribution in [0, 0.1) is 0 Å². The average Bonchev–Trinajstić information content (AvgIpc) is 3.05. The van der Waals surface area contributed by atoms with E-state index in [1.807, 2.05) is 18.2 Å². The average molecular weight is 326 g/mol. The van der Waals surface area contributed by atoms with Crippen molar-refractivity contribution in [2.45, 2.75) is 0 Å². The maximum Gasteiger partial charge on any atom is 0.124 e. The summed E-state index contributed by atoms with van der Waals surface area (Å²) in [4.78, 5) is 7.09. The van der Waals surface area contributed by atoms with E-state index < -0.39 is 0 Å². The van der Waals surface area contributed by atoms with Gasteiger partial charge in [0.2, 0.25) is 0 Å². The van der Waals surface area contributed by atoms with Crippen molar-refractivity contribution >= 4 is 27.2 Å². The van der Waals surface area contributed by atoms with Crippen molar-refractivity contribution in [2.75, 3.05) is 38.3 Å². The predicted molar refractivity (Wildman–Crippen MR) is 94.6 cm³/mol. The van der Waals surface area contributed by atoms with E-state index in [-0.39, 0.29) is 0 Å². The van der Waals surface area contributed by atoms with Crippen LogP contribution in [0.15, 0.2) is 42.5 Å². The quantitative estimate of drug-likeness (QED) is 0.733. The first-order chi connectivity index (χ1) is 11.3. The fraction of sp³-hybridized carbons (Fsp3) is 0.278.